The molecule has 0 aliphatic carbocycles. The number of methoxy groups -OCH3 is 1. The number of oxazole rings is 1. The highest BCUT2D eigenvalue weighted by atomic mass is 32.2. The van der Waals surface area contributed by atoms with Crippen molar-refractivity contribution < 1.29 is 22.3 Å². The molecule has 2 atom stereocenters. The molecule has 21 heavy (non-hydrogen) atoms. The third-order valence-electron chi connectivity index (χ3n) is 3.29. The fourth-order valence-electron chi connectivity index (χ4n) is 2.10. The fourth-order valence-corrected chi connectivity index (χ4v) is 3.21. The van der Waals surface area contributed by atoms with Gasteiger partial charge in [-0.3, -0.25) is 0 Å². The van der Waals surface area contributed by atoms with Gasteiger partial charge >= 0.3 is 0 Å². The number of ether oxygens (including phenoxy) is 2. The van der Waals surface area contributed by atoms with Gasteiger partial charge in [-0.25, -0.2) is 18.1 Å². The molecule has 0 saturated carbocycles. The maximum absolute atomic E-state index is 12.3. The van der Waals surface area contributed by atoms with E-state index in [1.807, 2.05) is 20.8 Å². The van der Waals surface area contributed by atoms with Crippen LogP contribution in [0, 0.1) is 0 Å². The van der Waals surface area contributed by atoms with Crippen LogP contribution in [0.2, 0.25) is 0 Å². The van der Waals surface area contributed by atoms with Gasteiger partial charge < -0.3 is 13.9 Å². The normalized spacial score (nSPS) is 24.2. The molecule has 2 heterocycles. The number of hydrogen-bond acceptors (Lipinski definition) is 6. The lowest BCUT2D eigenvalue weighted by atomic mass is 9.97. The zero-order valence-corrected chi connectivity index (χ0v) is 13.6. The fraction of sp³-hybridized carbons (Fsp3) is 0.769. The third kappa shape index (κ3) is 3.82. The Hall–Kier alpha value is -0.960. The molecule has 7 nitrogen and oxygen atoms in total. The van der Waals surface area contributed by atoms with Crippen molar-refractivity contribution in [1.82, 2.24) is 9.71 Å². The molecule has 0 spiro atoms. The van der Waals surface area contributed by atoms with Crippen molar-refractivity contribution in [3.63, 3.8) is 0 Å². The Morgan fingerprint density at radius 2 is 2.14 bits per heavy atom. The van der Waals surface area contributed by atoms with Gasteiger partial charge in [-0.1, -0.05) is 20.8 Å². The number of nitrogens with one attached hydrogen (secondary N) is 1. The number of nitrogens with zero attached hydrogens (tertiary/aromatic N) is 1. The van der Waals surface area contributed by atoms with Crippen LogP contribution in [-0.4, -0.2) is 45.9 Å². The first kappa shape index (κ1) is 16.4. The van der Waals surface area contributed by atoms with Gasteiger partial charge in [0.2, 0.25) is 5.89 Å². The maximum atomic E-state index is 12.3. The number of aromatic nitrogens is 1. The molecule has 1 aliphatic heterocycles. The van der Waals surface area contributed by atoms with Crippen molar-refractivity contribution in [1.29, 1.82) is 0 Å². The molecule has 1 N–H and O–H groups in total. The van der Waals surface area contributed by atoms with Gasteiger partial charge in [0.25, 0.3) is 15.1 Å². The quantitative estimate of drug-likeness (QED) is 0.892. The third-order valence-corrected chi connectivity index (χ3v) is 4.62. The smallest absolute Gasteiger partial charge is 0.276 e. The van der Waals surface area contributed by atoms with Crippen LogP contribution in [-0.2, 0) is 24.9 Å². The summed E-state index contributed by atoms with van der Waals surface area (Å²) in [6, 6.07) is -0.433. The van der Waals surface area contributed by atoms with Crippen molar-refractivity contribution >= 4 is 10.0 Å². The highest BCUT2D eigenvalue weighted by Crippen LogP contribution is 2.24. The largest absolute Gasteiger partial charge is 0.427 e. The van der Waals surface area contributed by atoms with Crippen molar-refractivity contribution in [3.05, 3.63) is 12.1 Å². The van der Waals surface area contributed by atoms with Crippen LogP contribution < -0.4 is 4.72 Å². The topological polar surface area (TPSA) is 90.7 Å². The molecule has 0 amide bonds. The summed E-state index contributed by atoms with van der Waals surface area (Å²) in [5.74, 6) is 0.381. The Morgan fingerprint density at radius 1 is 1.43 bits per heavy atom. The lowest BCUT2D eigenvalue weighted by Gasteiger charge is -2.30. The Morgan fingerprint density at radius 3 is 2.71 bits per heavy atom. The van der Waals surface area contributed by atoms with Crippen LogP contribution in [0.1, 0.15) is 33.1 Å². The van der Waals surface area contributed by atoms with E-state index in [1.165, 1.54) is 6.20 Å². The first-order chi connectivity index (χ1) is 9.74. The van der Waals surface area contributed by atoms with E-state index in [0.717, 1.165) is 0 Å². The van der Waals surface area contributed by atoms with Crippen molar-refractivity contribution in [2.24, 2.45) is 0 Å². The second kappa shape index (κ2) is 6.04. The van der Waals surface area contributed by atoms with Crippen LogP contribution in [0.25, 0.3) is 0 Å². The second-order valence-corrected chi connectivity index (χ2v) is 7.74. The number of hydrogen-bond donors (Lipinski definition) is 1. The molecule has 1 saturated heterocycles. The predicted molar refractivity (Wildman–Crippen MR) is 75.5 cm³/mol. The zero-order chi connectivity index (χ0) is 15.7. The minimum Gasteiger partial charge on any atom is -0.427 e. The van der Waals surface area contributed by atoms with E-state index in [2.05, 4.69) is 9.71 Å². The van der Waals surface area contributed by atoms with E-state index in [1.54, 1.807) is 7.11 Å². The van der Waals surface area contributed by atoms with Crippen LogP contribution >= 0.6 is 0 Å². The summed E-state index contributed by atoms with van der Waals surface area (Å²) in [5.41, 5.74) is -0.350. The Kier molecular flexibility index (Phi) is 4.72. The van der Waals surface area contributed by atoms with E-state index in [-0.39, 0.29) is 23.2 Å². The van der Waals surface area contributed by atoms with Crippen LogP contribution in [0.15, 0.2) is 15.7 Å². The monoisotopic (exact) mass is 318 g/mol. The first-order valence-corrected chi connectivity index (χ1v) is 8.31. The highest BCUT2D eigenvalue weighted by Gasteiger charge is 2.32. The van der Waals surface area contributed by atoms with Gasteiger partial charge in [0.05, 0.1) is 24.9 Å². The minimum absolute atomic E-state index is 0.187. The number of sulfonamides is 1. The van der Waals surface area contributed by atoms with E-state index >= 15 is 0 Å². The van der Waals surface area contributed by atoms with E-state index in [9.17, 15) is 8.42 Å². The molecule has 1 fully saturated rings. The molecule has 1 aliphatic rings. The molecular formula is C13H22N2O5S. The van der Waals surface area contributed by atoms with Crippen LogP contribution in [0.5, 0.6) is 0 Å². The minimum atomic E-state index is -3.78. The SMILES string of the molecule is CO[C@@H]1CCOC[C@H]1NS(=O)(=O)c1cnc(C(C)(C)C)o1. The lowest BCUT2D eigenvalue weighted by molar-refractivity contribution is -0.0306. The molecule has 0 radical (unpaired) electrons. The Bertz CT molecular complexity index is 576. The summed E-state index contributed by atoms with van der Waals surface area (Å²) in [6.45, 7) is 6.54. The van der Waals surface area contributed by atoms with Gasteiger partial charge in [-0.05, 0) is 6.42 Å². The van der Waals surface area contributed by atoms with Crippen molar-refractivity contribution in [2.75, 3.05) is 20.3 Å². The molecule has 2 rings (SSSR count). The molecule has 0 bridgehead atoms. The lowest BCUT2D eigenvalue weighted by Crippen LogP contribution is -2.50. The predicted octanol–water partition coefficient (Wildman–Crippen LogP) is 1.05. The first-order valence-electron chi connectivity index (χ1n) is 6.83. The molecule has 120 valence electrons. The molecular weight excluding hydrogens is 296 g/mol. The van der Waals surface area contributed by atoms with Crippen LogP contribution in [0.4, 0.5) is 0 Å². The number of rotatable bonds is 4. The van der Waals surface area contributed by atoms with Gasteiger partial charge in [0.1, 0.15) is 0 Å². The second-order valence-electron chi connectivity index (χ2n) is 6.10. The van der Waals surface area contributed by atoms with Gasteiger partial charge in [-0.2, -0.15) is 0 Å². The molecule has 0 aromatic carbocycles. The Balaban J connectivity index is 2.16. The summed E-state index contributed by atoms with van der Waals surface area (Å²) in [7, 11) is -2.22. The van der Waals surface area contributed by atoms with Gasteiger partial charge in [-0.15, -0.1) is 0 Å². The van der Waals surface area contributed by atoms with Crippen LogP contribution in [0.3, 0.4) is 0 Å². The summed E-state index contributed by atoms with van der Waals surface area (Å²) in [4.78, 5) is 4.04. The Labute approximate surface area is 125 Å². The average molecular weight is 318 g/mol. The summed E-state index contributed by atoms with van der Waals surface area (Å²) < 4.78 is 43.2. The summed E-state index contributed by atoms with van der Waals surface area (Å²) in [5, 5.41) is -0.187. The average Bonchev–Trinajstić information content (AvgIpc) is 2.89. The molecule has 1 aromatic rings. The zero-order valence-electron chi connectivity index (χ0n) is 12.8. The summed E-state index contributed by atoms with van der Waals surface area (Å²) >= 11 is 0. The maximum Gasteiger partial charge on any atom is 0.276 e. The highest BCUT2D eigenvalue weighted by molar-refractivity contribution is 7.89. The summed E-state index contributed by atoms with van der Waals surface area (Å²) in [6.07, 6.45) is 1.67. The van der Waals surface area contributed by atoms with Gasteiger partial charge in [0, 0.05) is 19.1 Å². The van der Waals surface area contributed by atoms with Gasteiger partial charge in [0.15, 0.2) is 0 Å². The molecule has 0 unspecified atom stereocenters. The van der Waals surface area contributed by atoms with Crippen molar-refractivity contribution in [2.45, 2.75) is 49.8 Å². The van der Waals surface area contributed by atoms with E-state index in [0.29, 0.717) is 18.9 Å². The molecule has 1 aromatic heterocycles. The van der Waals surface area contributed by atoms with E-state index < -0.39 is 16.1 Å². The van der Waals surface area contributed by atoms with Crippen molar-refractivity contribution in [3.8, 4) is 0 Å². The van der Waals surface area contributed by atoms with E-state index in [4.69, 9.17) is 13.9 Å². The standard InChI is InChI=1S/C13H22N2O5S/c1-13(2,3)12-14-7-11(20-12)21(16,17)15-9-8-19-6-5-10(9)18-4/h7,9-10,15H,5-6,8H2,1-4H3/t9-,10-/m1/s1. The molecule has 8 heteroatoms.